The molecule has 5 rings (SSSR count). The number of methoxy groups -OCH3 is 1. The van der Waals surface area contributed by atoms with Gasteiger partial charge in [-0.15, -0.1) is 0 Å². The number of aromatic nitrogens is 2. The molecule has 2 atom stereocenters. The van der Waals surface area contributed by atoms with Gasteiger partial charge in [-0.25, -0.2) is 9.37 Å². The zero-order valence-corrected chi connectivity index (χ0v) is 21.8. The van der Waals surface area contributed by atoms with E-state index in [9.17, 15) is 14.0 Å². The zero-order chi connectivity index (χ0) is 26.6. The Balaban J connectivity index is 1.31. The number of benzene rings is 1. The van der Waals surface area contributed by atoms with Crippen molar-refractivity contribution in [3.63, 3.8) is 0 Å². The number of carbonyl (C=O) groups excluding carboxylic acids is 2. The summed E-state index contributed by atoms with van der Waals surface area (Å²) in [4.78, 5) is 32.2. The average molecular weight is 521 g/mol. The van der Waals surface area contributed by atoms with Gasteiger partial charge in [0.15, 0.2) is 11.6 Å². The molecule has 200 valence electrons. The highest BCUT2D eigenvalue weighted by Crippen LogP contribution is 2.32. The number of anilines is 1. The van der Waals surface area contributed by atoms with Crippen LogP contribution in [0.1, 0.15) is 59.4 Å². The van der Waals surface area contributed by atoms with Crippen molar-refractivity contribution >= 4 is 17.7 Å². The number of carbonyl (C=O) groups is 2. The Kier molecular flexibility index (Phi) is 7.62. The maximum atomic E-state index is 14.6. The summed E-state index contributed by atoms with van der Waals surface area (Å²) in [6, 6.07) is 10.3. The lowest BCUT2D eigenvalue weighted by atomic mass is 9.96. The highest BCUT2D eigenvalue weighted by molar-refractivity contribution is 5.94. The molecule has 8 nitrogen and oxygen atoms in total. The lowest BCUT2D eigenvalue weighted by Gasteiger charge is -2.35. The number of fused-ring (bicyclic) bond motifs is 2. The first kappa shape index (κ1) is 25.8. The van der Waals surface area contributed by atoms with Crippen molar-refractivity contribution in [2.45, 2.75) is 57.7 Å². The maximum absolute atomic E-state index is 14.6. The molecule has 9 heteroatoms. The van der Waals surface area contributed by atoms with Crippen molar-refractivity contribution < 1.29 is 23.5 Å². The molecular formula is C29H33FN4O4. The van der Waals surface area contributed by atoms with Crippen LogP contribution in [0.4, 0.5) is 10.2 Å². The second kappa shape index (κ2) is 11.2. The van der Waals surface area contributed by atoms with E-state index in [2.05, 4.69) is 16.4 Å². The molecule has 0 saturated heterocycles. The first-order valence-electron chi connectivity index (χ1n) is 13.2. The molecule has 1 aromatic carbocycles. The van der Waals surface area contributed by atoms with Crippen LogP contribution in [-0.4, -0.2) is 52.6 Å². The van der Waals surface area contributed by atoms with E-state index in [4.69, 9.17) is 9.47 Å². The molecule has 38 heavy (non-hydrogen) atoms. The molecule has 1 amide bonds. The quantitative estimate of drug-likeness (QED) is 0.417. The summed E-state index contributed by atoms with van der Waals surface area (Å²) in [6.07, 6.45) is 7.64. The molecule has 3 aromatic rings. The second-order valence-corrected chi connectivity index (χ2v) is 9.77. The van der Waals surface area contributed by atoms with Gasteiger partial charge in [-0.3, -0.25) is 9.59 Å². The van der Waals surface area contributed by atoms with E-state index in [1.54, 1.807) is 17.9 Å². The summed E-state index contributed by atoms with van der Waals surface area (Å²) < 4.78 is 26.8. The van der Waals surface area contributed by atoms with E-state index >= 15 is 0 Å². The lowest BCUT2D eigenvalue weighted by molar-refractivity contribution is -0.144. The Morgan fingerprint density at radius 2 is 2.13 bits per heavy atom. The van der Waals surface area contributed by atoms with Gasteiger partial charge in [-0.1, -0.05) is 12.1 Å². The fourth-order valence-electron chi connectivity index (χ4n) is 5.43. The van der Waals surface area contributed by atoms with Gasteiger partial charge < -0.3 is 24.3 Å². The lowest BCUT2D eigenvalue weighted by Crippen LogP contribution is -2.43. The van der Waals surface area contributed by atoms with Crippen LogP contribution in [0.25, 0.3) is 0 Å². The van der Waals surface area contributed by atoms with Crippen LogP contribution in [0.2, 0.25) is 0 Å². The molecule has 2 aliphatic heterocycles. The number of amides is 1. The number of rotatable bonds is 9. The van der Waals surface area contributed by atoms with Crippen molar-refractivity contribution in [1.29, 1.82) is 0 Å². The molecule has 2 aromatic heterocycles. The second-order valence-electron chi connectivity index (χ2n) is 9.77. The summed E-state index contributed by atoms with van der Waals surface area (Å²) in [7, 11) is 1.40. The summed E-state index contributed by atoms with van der Waals surface area (Å²) >= 11 is 0. The summed E-state index contributed by atoms with van der Waals surface area (Å²) in [6.45, 7) is 2.97. The van der Waals surface area contributed by atoms with Crippen LogP contribution in [0.3, 0.4) is 0 Å². The number of ether oxygens (including phenoxy) is 2. The minimum Gasteiger partial charge on any atom is -0.494 e. The summed E-state index contributed by atoms with van der Waals surface area (Å²) in [5, 5.41) is 3.54. The molecule has 0 bridgehead atoms. The van der Waals surface area contributed by atoms with E-state index in [1.165, 1.54) is 24.8 Å². The van der Waals surface area contributed by atoms with Gasteiger partial charge in [0.25, 0.3) is 5.91 Å². The normalized spacial score (nSPS) is 17.3. The van der Waals surface area contributed by atoms with Crippen molar-refractivity contribution in [2.75, 3.05) is 25.6 Å². The fourth-order valence-corrected chi connectivity index (χ4v) is 5.43. The van der Waals surface area contributed by atoms with Crippen LogP contribution < -0.4 is 10.1 Å². The predicted octanol–water partition coefficient (Wildman–Crippen LogP) is 4.54. The van der Waals surface area contributed by atoms with Gasteiger partial charge in [0.1, 0.15) is 11.5 Å². The highest BCUT2D eigenvalue weighted by Gasteiger charge is 2.34. The van der Waals surface area contributed by atoms with Crippen molar-refractivity contribution in [2.24, 2.45) is 0 Å². The number of hydrogen-bond donors (Lipinski definition) is 1. The van der Waals surface area contributed by atoms with Gasteiger partial charge in [0.05, 0.1) is 26.2 Å². The average Bonchev–Trinajstić information content (AvgIpc) is 3.35. The fraction of sp³-hybridized carbons (Fsp3) is 0.414. The third-order valence-corrected chi connectivity index (χ3v) is 7.39. The summed E-state index contributed by atoms with van der Waals surface area (Å²) in [5.41, 5.74) is 3.46. The first-order chi connectivity index (χ1) is 18.5. The maximum Gasteiger partial charge on any atom is 0.308 e. The Hall–Kier alpha value is -3.88. The predicted molar refractivity (Wildman–Crippen MR) is 141 cm³/mol. The van der Waals surface area contributed by atoms with Crippen molar-refractivity contribution in [3.05, 3.63) is 77.0 Å². The number of esters is 1. The first-order valence-corrected chi connectivity index (χ1v) is 13.2. The molecule has 0 spiro atoms. The summed E-state index contributed by atoms with van der Waals surface area (Å²) in [5.74, 6) is -0.0727. The van der Waals surface area contributed by atoms with Crippen LogP contribution in [-0.2, 0) is 28.9 Å². The topological polar surface area (TPSA) is 85.7 Å². The van der Waals surface area contributed by atoms with E-state index in [0.717, 1.165) is 37.1 Å². The Labute approximate surface area is 221 Å². The number of aryl methyl sites for hydroxylation is 2. The Morgan fingerprint density at radius 1 is 1.26 bits per heavy atom. The number of pyridine rings is 1. The van der Waals surface area contributed by atoms with Gasteiger partial charge in [0, 0.05) is 31.5 Å². The third kappa shape index (κ3) is 5.37. The molecule has 1 unspecified atom stereocenters. The van der Waals surface area contributed by atoms with Crippen LogP contribution in [0.5, 0.6) is 5.75 Å². The molecule has 1 N–H and O–H groups in total. The van der Waals surface area contributed by atoms with Crippen LogP contribution >= 0.6 is 0 Å². The third-order valence-electron chi connectivity index (χ3n) is 7.39. The molecule has 0 radical (unpaired) electrons. The number of hydrogen-bond acceptors (Lipinski definition) is 6. The minimum atomic E-state index is -0.645. The van der Waals surface area contributed by atoms with E-state index < -0.39 is 17.8 Å². The molecule has 0 fully saturated rings. The zero-order valence-electron chi connectivity index (χ0n) is 21.8. The van der Waals surface area contributed by atoms with Gasteiger partial charge in [-0.05, 0) is 73.6 Å². The van der Waals surface area contributed by atoms with Crippen molar-refractivity contribution in [1.82, 2.24) is 14.5 Å². The standard InChI is InChI=1S/C29H33FN4O4/c1-3-38-27(35)17-24(21-8-11-26(37-2)23(30)16-21)34-14-13-33-18-19(15-25(33)29(34)36)6-9-22-10-7-20-5-4-12-31-28(20)32-22/h4-5,8,11-12,15-16,18,22,24H,3,6-7,9-10,13-14,17H2,1-2H3,(H,31,32)/t22?,24-/m0/s1. The van der Waals surface area contributed by atoms with Gasteiger partial charge >= 0.3 is 5.97 Å². The monoisotopic (exact) mass is 520 g/mol. The number of nitrogens with zero attached hydrogens (tertiary/aromatic N) is 3. The molecule has 2 aliphatic rings. The minimum absolute atomic E-state index is 0.0538. The van der Waals surface area contributed by atoms with E-state index in [1.807, 2.05) is 29.1 Å². The Bertz CT molecular complexity index is 1320. The van der Waals surface area contributed by atoms with Gasteiger partial charge in [0.2, 0.25) is 0 Å². The molecular weight excluding hydrogens is 487 g/mol. The molecule has 0 aliphatic carbocycles. The van der Waals surface area contributed by atoms with E-state index in [-0.39, 0.29) is 24.7 Å². The number of nitrogens with one attached hydrogen (secondary N) is 1. The SMILES string of the molecule is CCOC(=O)C[C@@H](c1ccc(OC)c(F)c1)N1CCn2cc(CCC3CCc4cccnc4N3)cc2C1=O. The largest absolute Gasteiger partial charge is 0.494 e. The molecule has 0 saturated carbocycles. The smallest absolute Gasteiger partial charge is 0.308 e. The number of halogens is 1. The Morgan fingerprint density at radius 3 is 2.92 bits per heavy atom. The highest BCUT2D eigenvalue weighted by atomic mass is 19.1. The van der Waals surface area contributed by atoms with Crippen LogP contribution in [0, 0.1) is 5.82 Å². The van der Waals surface area contributed by atoms with Gasteiger partial charge in [-0.2, -0.15) is 0 Å². The molecule has 4 heterocycles. The van der Waals surface area contributed by atoms with E-state index in [0.29, 0.717) is 30.4 Å². The van der Waals surface area contributed by atoms with Crippen LogP contribution in [0.15, 0.2) is 48.8 Å². The van der Waals surface area contributed by atoms with Crippen molar-refractivity contribution in [3.8, 4) is 5.75 Å².